The van der Waals surface area contributed by atoms with Crippen molar-refractivity contribution in [3.63, 3.8) is 0 Å². The van der Waals surface area contributed by atoms with E-state index in [9.17, 15) is 18.1 Å². The van der Waals surface area contributed by atoms with Gasteiger partial charge in [-0.25, -0.2) is 18.1 Å². The molecule has 0 aliphatic carbocycles. The van der Waals surface area contributed by atoms with Crippen molar-refractivity contribution in [2.24, 2.45) is 0 Å². The van der Waals surface area contributed by atoms with Gasteiger partial charge in [-0.15, -0.1) is 0 Å². The molecular weight excluding hydrogens is 321 g/mol. The molecule has 2 aromatic rings. The molecule has 0 bridgehead atoms. The molecule has 0 aromatic heterocycles. The minimum atomic E-state index is -4.94. The first-order valence-corrected chi connectivity index (χ1v) is 7.28. The fourth-order valence-corrected chi connectivity index (χ4v) is 2.21. The maximum absolute atomic E-state index is 13.7. The SMILES string of the molecule is O=C(O)c1cc(-c2ccc(F)cc2F)ccc1OP(=O)(O)O. The van der Waals surface area contributed by atoms with Gasteiger partial charge in [-0.05, 0) is 29.8 Å². The van der Waals surface area contributed by atoms with Gasteiger partial charge in [0.25, 0.3) is 0 Å². The monoisotopic (exact) mass is 330 g/mol. The molecule has 116 valence electrons. The first-order chi connectivity index (χ1) is 10.2. The fourth-order valence-electron chi connectivity index (χ4n) is 1.80. The van der Waals surface area contributed by atoms with E-state index >= 15 is 0 Å². The number of benzene rings is 2. The second-order valence-electron chi connectivity index (χ2n) is 4.22. The van der Waals surface area contributed by atoms with Gasteiger partial charge < -0.3 is 9.63 Å². The summed E-state index contributed by atoms with van der Waals surface area (Å²) in [5.41, 5.74) is -0.538. The molecule has 0 aliphatic rings. The van der Waals surface area contributed by atoms with Gasteiger partial charge in [0.05, 0.1) is 0 Å². The highest BCUT2D eigenvalue weighted by Gasteiger charge is 2.22. The van der Waals surface area contributed by atoms with Crippen LogP contribution in [0.15, 0.2) is 36.4 Å². The smallest absolute Gasteiger partial charge is 0.478 e. The number of aromatic carboxylic acids is 1. The number of phosphoric ester groups is 1. The topological polar surface area (TPSA) is 104 Å². The summed E-state index contributed by atoms with van der Waals surface area (Å²) in [6.45, 7) is 0. The Hall–Kier alpha value is -2.28. The predicted molar refractivity (Wildman–Crippen MR) is 71.4 cm³/mol. The Morgan fingerprint density at radius 3 is 2.32 bits per heavy atom. The number of carboxylic acids is 1. The summed E-state index contributed by atoms with van der Waals surface area (Å²) in [5, 5.41) is 9.06. The standard InChI is InChI=1S/C13H9F2O6P/c14-8-2-3-9(11(15)6-8)7-1-4-12(21-22(18,19)20)10(5-7)13(16)17/h1-6H,(H,16,17)(H2,18,19,20). The van der Waals surface area contributed by atoms with Crippen LogP contribution in [0.3, 0.4) is 0 Å². The highest BCUT2D eigenvalue weighted by molar-refractivity contribution is 7.46. The molecule has 0 saturated heterocycles. The van der Waals surface area contributed by atoms with Crippen LogP contribution in [0.5, 0.6) is 5.75 Å². The van der Waals surface area contributed by atoms with E-state index in [1.54, 1.807) is 0 Å². The van der Waals surface area contributed by atoms with Gasteiger partial charge in [0.2, 0.25) is 0 Å². The third kappa shape index (κ3) is 3.67. The van der Waals surface area contributed by atoms with Crippen molar-refractivity contribution < 1.29 is 37.6 Å². The summed E-state index contributed by atoms with van der Waals surface area (Å²) in [7, 11) is -4.94. The lowest BCUT2D eigenvalue weighted by atomic mass is 10.0. The van der Waals surface area contributed by atoms with Crippen molar-refractivity contribution in [1.82, 2.24) is 0 Å². The van der Waals surface area contributed by atoms with Crippen LogP contribution in [0.2, 0.25) is 0 Å². The van der Waals surface area contributed by atoms with Crippen LogP contribution in [0.25, 0.3) is 11.1 Å². The van der Waals surface area contributed by atoms with Crippen LogP contribution in [0.4, 0.5) is 8.78 Å². The highest BCUT2D eigenvalue weighted by Crippen LogP contribution is 2.40. The molecule has 2 rings (SSSR count). The van der Waals surface area contributed by atoms with E-state index in [2.05, 4.69) is 4.52 Å². The molecule has 0 heterocycles. The zero-order valence-corrected chi connectivity index (χ0v) is 11.6. The quantitative estimate of drug-likeness (QED) is 0.745. The van der Waals surface area contributed by atoms with Crippen LogP contribution >= 0.6 is 7.82 Å². The minimum Gasteiger partial charge on any atom is -0.478 e. The Balaban J connectivity index is 2.54. The molecule has 22 heavy (non-hydrogen) atoms. The zero-order chi connectivity index (χ0) is 16.5. The molecule has 0 unspecified atom stereocenters. The molecule has 9 heteroatoms. The summed E-state index contributed by atoms with van der Waals surface area (Å²) in [6.07, 6.45) is 0. The summed E-state index contributed by atoms with van der Waals surface area (Å²) >= 11 is 0. The molecular formula is C13H9F2O6P. The number of carboxylic acid groups (broad SMARTS) is 1. The average molecular weight is 330 g/mol. The lowest BCUT2D eigenvalue weighted by Crippen LogP contribution is -2.02. The minimum absolute atomic E-state index is 0.0633. The molecule has 0 radical (unpaired) electrons. The van der Waals surface area contributed by atoms with Gasteiger partial charge in [-0.1, -0.05) is 6.07 Å². The molecule has 3 N–H and O–H groups in total. The van der Waals surface area contributed by atoms with E-state index in [4.69, 9.17) is 14.9 Å². The summed E-state index contributed by atoms with van der Waals surface area (Å²) in [6, 6.07) is 5.92. The summed E-state index contributed by atoms with van der Waals surface area (Å²) in [4.78, 5) is 28.6. The molecule has 0 atom stereocenters. The predicted octanol–water partition coefficient (Wildman–Crippen LogP) is 2.80. The third-order valence-electron chi connectivity index (χ3n) is 2.67. The molecule has 2 aromatic carbocycles. The molecule has 0 fully saturated rings. The van der Waals surface area contributed by atoms with Crippen LogP contribution in [0.1, 0.15) is 10.4 Å². The van der Waals surface area contributed by atoms with Gasteiger partial charge in [-0.3, -0.25) is 9.79 Å². The molecule has 0 spiro atoms. The molecule has 6 nitrogen and oxygen atoms in total. The Morgan fingerprint density at radius 1 is 1.09 bits per heavy atom. The van der Waals surface area contributed by atoms with E-state index in [-0.39, 0.29) is 11.1 Å². The lowest BCUT2D eigenvalue weighted by molar-refractivity contribution is 0.0694. The Morgan fingerprint density at radius 2 is 1.77 bits per heavy atom. The fraction of sp³-hybridized carbons (Fsp3) is 0. The first-order valence-electron chi connectivity index (χ1n) is 5.75. The van der Waals surface area contributed by atoms with Crippen molar-refractivity contribution in [3.05, 3.63) is 53.6 Å². The average Bonchev–Trinajstić information content (AvgIpc) is 2.37. The Bertz CT molecular complexity index is 786. The molecule has 0 saturated carbocycles. The van der Waals surface area contributed by atoms with Crippen molar-refractivity contribution in [2.45, 2.75) is 0 Å². The summed E-state index contributed by atoms with van der Waals surface area (Å²) < 4.78 is 41.6. The van der Waals surface area contributed by atoms with E-state index in [0.29, 0.717) is 6.07 Å². The highest BCUT2D eigenvalue weighted by atomic mass is 31.2. The van der Waals surface area contributed by atoms with Gasteiger partial charge in [0.15, 0.2) is 0 Å². The summed E-state index contributed by atoms with van der Waals surface area (Å²) in [5.74, 6) is -3.78. The maximum atomic E-state index is 13.7. The largest absolute Gasteiger partial charge is 0.524 e. The van der Waals surface area contributed by atoms with Crippen LogP contribution in [0, 0.1) is 11.6 Å². The van der Waals surface area contributed by atoms with E-state index in [1.807, 2.05) is 0 Å². The number of rotatable bonds is 4. The van der Waals surface area contributed by atoms with E-state index < -0.39 is 36.7 Å². The van der Waals surface area contributed by atoms with E-state index in [0.717, 1.165) is 24.3 Å². The van der Waals surface area contributed by atoms with Crippen LogP contribution in [-0.4, -0.2) is 20.9 Å². The maximum Gasteiger partial charge on any atom is 0.524 e. The lowest BCUT2D eigenvalue weighted by Gasteiger charge is -2.11. The van der Waals surface area contributed by atoms with E-state index in [1.165, 1.54) is 6.07 Å². The van der Waals surface area contributed by atoms with Crippen molar-refractivity contribution in [3.8, 4) is 16.9 Å². The Kier molecular flexibility index (Phi) is 4.27. The second kappa shape index (κ2) is 5.84. The number of halogens is 2. The van der Waals surface area contributed by atoms with Gasteiger partial charge in [0, 0.05) is 11.6 Å². The number of phosphoric acid groups is 1. The molecule has 0 aliphatic heterocycles. The first kappa shape index (κ1) is 16.1. The molecule has 0 amide bonds. The van der Waals surface area contributed by atoms with Crippen molar-refractivity contribution >= 4 is 13.8 Å². The van der Waals surface area contributed by atoms with Crippen LogP contribution in [-0.2, 0) is 4.57 Å². The third-order valence-corrected chi connectivity index (χ3v) is 3.10. The normalized spacial score (nSPS) is 11.3. The van der Waals surface area contributed by atoms with Crippen LogP contribution < -0.4 is 4.52 Å². The Labute approximate surface area is 122 Å². The second-order valence-corrected chi connectivity index (χ2v) is 5.39. The van der Waals surface area contributed by atoms with Gasteiger partial charge in [0.1, 0.15) is 22.9 Å². The van der Waals surface area contributed by atoms with Gasteiger partial charge >= 0.3 is 13.8 Å². The zero-order valence-electron chi connectivity index (χ0n) is 10.7. The number of carbonyl (C=O) groups is 1. The number of hydrogen-bond acceptors (Lipinski definition) is 3. The van der Waals surface area contributed by atoms with Crippen molar-refractivity contribution in [2.75, 3.05) is 0 Å². The number of hydrogen-bond donors (Lipinski definition) is 3. The van der Waals surface area contributed by atoms with Gasteiger partial charge in [-0.2, -0.15) is 0 Å². The van der Waals surface area contributed by atoms with Crippen molar-refractivity contribution in [1.29, 1.82) is 0 Å².